The molecular formula is C21H23ClN4O3S. The zero-order chi connectivity index (χ0) is 21.1. The first-order valence-electron chi connectivity index (χ1n) is 9.90. The summed E-state index contributed by atoms with van der Waals surface area (Å²) >= 11 is 6.07. The molecular weight excluding hydrogens is 424 g/mol. The fraction of sp³-hybridized carbons (Fsp3) is 0.333. The van der Waals surface area contributed by atoms with Crippen molar-refractivity contribution in [1.82, 2.24) is 4.90 Å². The Bertz CT molecular complexity index is 1080. The average Bonchev–Trinajstić information content (AvgIpc) is 2.73. The minimum atomic E-state index is -3.68. The molecule has 2 heterocycles. The number of anilines is 2. The van der Waals surface area contributed by atoms with Gasteiger partial charge in [-0.3, -0.25) is 4.79 Å². The van der Waals surface area contributed by atoms with Gasteiger partial charge in [-0.25, -0.2) is 0 Å². The molecule has 1 N–H and O–H groups in total. The smallest absolute Gasteiger partial charge is 0.286 e. The van der Waals surface area contributed by atoms with E-state index in [4.69, 9.17) is 11.6 Å². The molecule has 0 aromatic heterocycles. The summed E-state index contributed by atoms with van der Waals surface area (Å²) in [6, 6.07) is 14.4. The van der Waals surface area contributed by atoms with Crippen LogP contribution in [0.2, 0.25) is 5.02 Å². The van der Waals surface area contributed by atoms with Gasteiger partial charge in [-0.15, -0.1) is 4.40 Å². The summed E-state index contributed by atoms with van der Waals surface area (Å²) in [7, 11) is -3.68. The molecule has 0 radical (unpaired) electrons. The maximum Gasteiger partial charge on any atom is 0.286 e. The first-order chi connectivity index (χ1) is 14.4. The van der Waals surface area contributed by atoms with Gasteiger partial charge in [0.15, 0.2) is 0 Å². The lowest BCUT2D eigenvalue weighted by Gasteiger charge is -2.36. The molecule has 158 valence electrons. The van der Waals surface area contributed by atoms with Gasteiger partial charge >= 0.3 is 0 Å². The number of rotatable bonds is 5. The maximum atomic E-state index is 12.6. The van der Waals surface area contributed by atoms with Crippen LogP contribution in [0.15, 0.2) is 57.8 Å². The number of nitrogens with zero attached hydrogens (tertiary/aromatic N) is 3. The van der Waals surface area contributed by atoms with E-state index in [1.165, 1.54) is 6.07 Å². The molecule has 2 aromatic carbocycles. The van der Waals surface area contributed by atoms with E-state index in [2.05, 4.69) is 14.6 Å². The van der Waals surface area contributed by atoms with Crippen LogP contribution < -0.4 is 10.2 Å². The van der Waals surface area contributed by atoms with Gasteiger partial charge in [0.1, 0.15) is 10.7 Å². The number of nitrogens with one attached hydrogen (secondary N) is 1. The lowest BCUT2D eigenvalue weighted by Crippen LogP contribution is -2.48. The Labute approximate surface area is 181 Å². The van der Waals surface area contributed by atoms with Crippen molar-refractivity contribution in [2.45, 2.75) is 24.2 Å². The summed E-state index contributed by atoms with van der Waals surface area (Å²) in [5, 5.41) is 3.77. The van der Waals surface area contributed by atoms with Crippen molar-refractivity contribution in [1.29, 1.82) is 0 Å². The Morgan fingerprint density at radius 1 is 1.07 bits per heavy atom. The Kier molecular flexibility index (Phi) is 5.97. The summed E-state index contributed by atoms with van der Waals surface area (Å²) in [5.74, 6) is 0.465. The first-order valence-corrected chi connectivity index (χ1v) is 11.7. The highest BCUT2D eigenvalue weighted by Crippen LogP contribution is 2.27. The van der Waals surface area contributed by atoms with Crippen molar-refractivity contribution in [2.75, 3.05) is 36.4 Å². The Hall–Kier alpha value is -2.58. The number of piperazine rings is 1. The predicted octanol–water partition coefficient (Wildman–Crippen LogP) is 3.37. The highest BCUT2D eigenvalue weighted by atomic mass is 35.5. The van der Waals surface area contributed by atoms with Crippen LogP contribution in [0.1, 0.15) is 19.3 Å². The normalized spacial score (nSPS) is 17.7. The van der Waals surface area contributed by atoms with Gasteiger partial charge in [0, 0.05) is 49.7 Å². The molecule has 1 saturated heterocycles. The number of benzene rings is 2. The largest absolute Gasteiger partial charge is 0.368 e. The van der Waals surface area contributed by atoms with Crippen LogP contribution in [-0.4, -0.2) is 51.2 Å². The monoisotopic (exact) mass is 446 g/mol. The van der Waals surface area contributed by atoms with Crippen LogP contribution in [0.25, 0.3) is 0 Å². The van der Waals surface area contributed by atoms with Crippen molar-refractivity contribution in [2.24, 2.45) is 4.40 Å². The molecule has 30 heavy (non-hydrogen) atoms. The molecule has 1 fully saturated rings. The van der Waals surface area contributed by atoms with Gasteiger partial charge in [0.2, 0.25) is 5.91 Å². The lowest BCUT2D eigenvalue weighted by molar-refractivity contribution is -0.131. The molecule has 9 heteroatoms. The van der Waals surface area contributed by atoms with E-state index in [0.29, 0.717) is 48.9 Å². The molecule has 0 bridgehead atoms. The van der Waals surface area contributed by atoms with Crippen molar-refractivity contribution < 1.29 is 13.2 Å². The van der Waals surface area contributed by atoms with Crippen molar-refractivity contribution in [3.8, 4) is 0 Å². The second kappa shape index (κ2) is 8.65. The number of hydrogen-bond donors (Lipinski definition) is 1. The molecule has 2 aliphatic heterocycles. The van der Waals surface area contributed by atoms with Gasteiger partial charge in [-0.2, -0.15) is 8.42 Å². The molecule has 0 aliphatic carbocycles. The summed E-state index contributed by atoms with van der Waals surface area (Å²) in [6.07, 6.45) is 1.30. The van der Waals surface area contributed by atoms with E-state index in [9.17, 15) is 13.2 Å². The Morgan fingerprint density at radius 3 is 2.60 bits per heavy atom. The number of hydrogen-bond acceptors (Lipinski definition) is 5. The van der Waals surface area contributed by atoms with Gasteiger partial charge in [-0.05, 0) is 36.8 Å². The van der Waals surface area contributed by atoms with Crippen LogP contribution >= 0.6 is 11.6 Å². The molecule has 2 aliphatic rings. The third-order valence-corrected chi connectivity index (χ3v) is 6.89. The zero-order valence-electron chi connectivity index (χ0n) is 16.4. The number of carbonyl (C=O) groups is 1. The number of para-hydroxylation sites is 1. The van der Waals surface area contributed by atoms with Gasteiger partial charge in [-0.1, -0.05) is 29.8 Å². The molecule has 0 unspecified atom stereocenters. The molecule has 0 atom stereocenters. The van der Waals surface area contributed by atoms with Crippen LogP contribution in [-0.2, 0) is 14.8 Å². The second-order valence-corrected chi connectivity index (χ2v) is 9.34. The minimum absolute atomic E-state index is 0.0837. The Balaban J connectivity index is 1.27. The predicted molar refractivity (Wildman–Crippen MR) is 119 cm³/mol. The van der Waals surface area contributed by atoms with Crippen LogP contribution in [0.4, 0.5) is 11.4 Å². The number of halogens is 1. The van der Waals surface area contributed by atoms with E-state index in [1.54, 1.807) is 18.2 Å². The third kappa shape index (κ3) is 4.60. The summed E-state index contributed by atoms with van der Waals surface area (Å²) in [4.78, 5) is 16.8. The number of sulfonamides is 1. The van der Waals surface area contributed by atoms with Crippen LogP contribution in [0.5, 0.6) is 0 Å². The van der Waals surface area contributed by atoms with Crippen LogP contribution in [0, 0.1) is 0 Å². The molecule has 2 aromatic rings. The molecule has 0 spiro atoms. The molecule has 4 rings (SSSR count). The van der Waals surface area contributed by atoms with Crippen molar-refractivity contribution in [3.05, 3.63) is 53.6 Å². The zero-order valence-corrected chi connectivity index (χ0v) is 18.0. The number of fused-ring (bicyclic) bond motifs is 1. The fourth-order valence-corrected chi connectivity index (χ4v) is 5.09. The highest BCUT2D eigenvalue weighted by Gasteiger charge is 2.25. The fourth-order valence-electron chi connectivity index (χ4n) is 3.73. The van der Waals surface area contributed by atoms with E-state index < -0.39 is 10.0 Å². The van der Waals surface area contributed by atoms with Crippen molar-refractivity contribution >= 4 is 44.7 Å². The maximum absolute atomic E-state index is 12.6. The van der Waals surface area contributed by atoms with Gasteiger partial charge < -0.3 is 15.1 Å². The molecule has 7 nitrogen and oxygen atoms in total. The number of amidine groups is 1. The van der Waals surface area contributed by atoms with E-state index in [1.807, 2.05) is 29.2 Å². The topological polar surface area (TPSA) is 82.1 Å². The standard InChI is InChI=1S/C21H23ClN4O3S/c22-16-5-3-6-17(15-16)25-11-13-26(14-12-25)21(27)10-4-9-20-23-18-7-1-2-8-19(18)30(28,29)24-20/h1-3,5-8,15H,4,9-14H2,(H,23,24). The summed E-state index contributed by atoms with van der Waals surface area (Å²) in [6.45, 7) is 2.84. The lowest BCUT2D eigenvalue weighted by atomic mass is 10.2. The first kappa shape index (κ1) is 20.7. The van der Waals surface area contributed by atoms with Gasteiger partial charge in [0.05, 0.1) is 5.69 Å². The number of carbonyl (C=O) groups excluding carboxylic acids is 1. The SMILES string of the molecule is O=C(CCCC1=NS(=O)(=O)c2ccccc2N1)N1CCN(c2cccc(Cl)c2)CC1. The van der Waals surface area contributed by atoms with Crippen molar-refractivity contribution in [3.63, 3.8) is 0 Å². The second-order valence-electron chi connectivity index (χ2n) is 7.34. The average molecular weight is 447 g/mol. The van der Waals surface area contributed by atoms with E-state index in [0.717, 1.165) is 18.8 Å². The van der Waals surface area contributed by atoms with E-state index >= 15 is 0 Å². The Morgan fingerprint density at radius 2 is 1.83 bits per heavy atom. The van der Waals surface area contributed by atoms with E-state index in [-0.39, 0.29) is 10.8 Å². The number of amides is 1. The van der Waals surface area contributed by atoms with Gasteiger partial charge in [0.25, 0.3) is 10.0 Å². The summed E-state index contributed by atoms with van der Waals surface area (Å²) < 4.78 is 28.4. The molecule has 1 amide bonds. The van der Waals surface area contributed by atoms with Crippen LogP contribution in [0.3, 0.4) is 0 Å². The minimum Gasteiger partial charge on any atom is -0.368 e. The highest BCUT2D eigenvalue weighted by molar-refractivity contribution is 7.90. The quantitative estimate of drug-likeness (QED) is 0.761. The summed E-state index contributed by atoms with van der Waals surface area (Å²) in [5.41, 5.74) is 1.60. The third-order valence-electron chi connectivity index (χ3n) is 5.28. The molecule has 0 saturated carbocycles.